The van der Waals surface area contributed by atoms with E-state index >= 15 is 0 Å². The first-order valence-electron chi connectivity index (χ1n) is 7.49. The first-order valence-corrected chi connectivity index (χ1v) is 8.37. The number of esters is 1. The van der Waals surface area contributed by atoms with Crippen LogP contribution in [0.1, 0.15) is 18.2 Å². The van der Waals surface area contributed by atoms with Crippen LogP contribution in [0.2, 0.25) is 0 Å². The average Bonchev–Trinajstić information content (AvgIpc) is 2.85. The summed E-state index contributed by atoms with van der Waals surface area (Å²) in [7, 11) is 0. The molecular formula is C14H18N4O7S. The number of nitrogens with one attached hydrogen (secondary N) is 1. The van der Waals surface area contributed by atoms with E-state index < -0.39 is 46.4 Å². The van der Waals surface area contributed by atoms with E-state index in [2.05, 4.69) is 0 Å². The lowest BCUT2D eigenvalue weighted by molar-refractivity contribution is -0.144. The molecule has 0 saturated heterocycles. The van der Waals surface area contributed by atoms with Crippen LogP contribution in [0.4, 0.5) is 0 Å². The summed E-state index contributed by atoms with van der Waals surface area (Å²) >= 11 is 0.900. The number of amides is 1. The van der Waals surface area contributed by atoms with Gasteiger partial charge in [0, 0.05) is 18.7 Å². The number of thioether (sulfide) groups is 1. The van der Waals surface area contributed by atoms with E-state index in [4.69, 9.17) is 16.2 Å². The highest BCUT2D eigenvalue weighted by molar-refractivity contribution is 8.03. The predicted molar refractivity (Wildman–Crippen MR) is 91.0 cm³/mol. The van der Waals surface area contributed by atoms with Crippen molar-refractivity contribution in [2.75, 3.05) is 6.61 Å². The van der Waals surface area contributed by atoms with Crippen LogP contribution < -0.4 is 22.7 Å². The van der Waals surface area contributed by atoms with E-state index in [0.29, 0.717) is 0 Å². The van der Waals surface area contributed by atoms with Gasteiger partial charge < -0.3 is 26.4 Å². The third kappa shape index (κ3) is 4.53. The van der Waals surface area contributed by atoms with Crippen molar-refractivity contribution in [2.24, 2.45) is 11.5 Å². The Balaban J connectivity index is 2.00. The van der Waals surface area contributed by atoms with Gasteiger partial charge in [0.1, 0.15) is 29.9 Å². The fraction of sp³-hybridized carbons (Fsp3) is 0.429. The van der Waals surface area contributed by atoms with E-state index in [0.717, 1.165) is 22.4 Å². The zero-order valence-electron chi connectivity index (χ0n) is 13.5. The van der Waals surface area contributed by atoms with Crippen LogP contribution in [-0.2, 0) is 14.3 Å². The molecule has 0 spiro atoms. The van der Waals surface area contributed by atoms with Crippen LogP contribution in [0.25, 0.3) is 0 Å². The molecule has 142 valence electrons. The van der Waals surface area contributed by atoms with Crippen molar-refractivity contribution in [3.8, 4) is 0 Å². The zero-order chi connectivity index (χ0) is 19.4. The Morgan fingerprint density at radius 1 is 1.42 bits per heavy atom. The fourth-order valence-corrected chi connectivity index (χ4v) is 3.37. The van der Waals surface area contributed by atoms with E-state index in [9.17, 15) is 29.4 Å². The monoisotopic (exact) mass is 386 g/mol. The van der Waals surface area contributed by atoms with Gasteiger partial charge in [0.2, 0.25) is 5.91 Å². The smallest absolute Gasteiger partial charge is 0.329 e. The molecule has 0 radical (unpaired) electrons. The molecule has 26 heavy (non-hydrogen) atoms. The Labute approximate surface area is 150 Å². The highest BCUT2D eigenvalue weighted by Crippen LogP contribution is 2.43. The quantitative estimate of drug-likeness (QED) is 0.331. The topological polar surface area (TPSA) is 191 Å². The Kier molecular flexibility index (Phi) is 6.23. The molecule has 0 saturated carbocycles. The summed E-state index contributed by atoms with van der Waals surface area (Å²) in [5.74, 6) is -1.85. The van der Waals surface area contributed by atoms with Gasteiger partial charge in [-0.3, -0.25) is 23.9 Å². The summed E-state index contributed by atoms with van der Waals surface area (Å²) in [5.41, 5.74) is 9.19. The Bertz CT molecular complexity index is 846. The molecule has 1 aromatic rings. The van der Waals surface area contributed by atoms with E-state index in [1.807, 2.05) is 4.98 Å². The van der Waals surface area contributed by atoms with Crippen molar-refractivity contribution >= 4 is 23.6 Å². The number of aromatic nitrogens is 2. The number of carbonyl (C=O) groups is 2. The maximum Gasteiger partial charge on any atom is 0.329 e. The number of primary amides is 1. The van der Waals surface area contributed by atoms with Crippen LogP contribution in [0, 0.1) is 0 Å². The fourth-order valence-electron chi connectivity index (χ4n) is 2.17. The van der Waals surface area contributed by atoms with Crippen molar-refractivity contribution in [3.63, 3.8) is 0 Å². The molecule has 2 rings (SSSR count). The van der Waals surface area contributed by atoms with Gasteiger partial charge in [0.25, 0.3) is 5.56 Å². The lowest BCUT2D eigenvalue weighted by Gasteiger charge is -2.16. The van der Waals surface area contributed by atoms with Crippen LogP contribution in [0.5, 0.6) is 0 Å². The van der Waals surface area contributed by atoms with Gasteiger partial charge in [-0.05, 0) is 6.42 Å². The molecule has 3 atom stereocenters. The molecule has 1 aromatic heterocycles. The number of ether oxygens (including phenoxy) is 1. The average molecular weight is 386 g/mol. The molecule has 1 amide bonds. The second kappa shape index (κ2) is 8.21. The lowest BCUT2D eigenvalue weighted by atomic mass is 10.1. The van der Waals surface area contributed by atoms with Gasteiger partial charge in [-0.2, -0.15) is 0 Å². The number of nitrogens with two attached hydrogens (primary N) is 2. The SMILES string of the molecule is NC(=O)CC[C@@H](N)C(=O)OCC1=C(O)C(O)[C@H](n2ccc(=O)[nH]c2=O)S1. The summed E-state index contributed by atoms with van der Waals surface area (Å²) in [6, 6.07) is 0.0424. The summed E-state index contributed by atoms with van der Waals surface area (Å²) in [4.78, 5) is 47.6. The number of carbonyl (C=O) groups excluding carboxylic acids is 2. The Morgan fingerprint density at radius 2 is 2.12 bits per heavy atom. The van der Waals surface area contributed by atoms with Crippen molar-refractivity contribution in [3.05, 3.63) is 43.8 Å². The number of aliphatic hydroxyl groups excluding tert-OH is 2. The van der Waals surface area contributed by atoms with Crippen molar-refractivity contribution in [1.82, 2.24) is 9.55 Å². The first kappa shape index (κ1) is 19.8. The van der Waals surface area contributed by atoms with Gasteiger partial charge in [-0.1, -0.05) is 11.8 Å². The molecule has 0 aromatic carbocycles. The van der Waals surface area contributed by atoms with E-state index in [1.54, 1.807) is 0 Å². The minimum atomic E-state index is -1.43. The second-order valence-electron chi connectivity index (χ2n) is 5.50. The van der Waals surface area contributed by atoms with Gasteiger partial charge in [0.15, 0.2) is 0 Å². The molecule has 0 bridgehead atoms. The zero-order valence-corrected chi connectivity index (χ0v) is 14.3. The highest BCUT2D eigenvalue weighted by atomic mass is 32.2. The summed E-state index contributed by atoms with van der Waals surface area (Å²) in [6.45, 7) is -0.370. The lowest BCUT2D eigenvalue weighted by Crippen LogP contribution is -2.34. The minimum Gasteiger partial charge on any atom is -0.508 e. The molecule has 12 heteroatoms. The van der Waals surface area contributed by atoms with Crippen molar-refractivity contribution in [2.45, 2.75) is 30.4 Å². The van der Waals surface area contributed by atoms with Crippen molar-refractivity contribution < 1.29 is 24.5 Å². The molecule has 1 unspecified atom stereocenters. The largest absolute Gasteiger partial charge is 0.508 e. The van der Waals surface area contributed by atoms with E-state index in [-0.39, 0.29) is 24.4 Å². The van der Waals surface area contributed by atoms with Gasteiger partial charge in [0.05, 0.1) is 4.91 Å². The third-order valence-electron chi connectivity index (χ3n) is 3.57. The number of hydrogen-bond donors (Lipinski definition) is 5. The number of H-pyrrole nitrogens is 1. The van der Waals surface area contributed by atoms with Gasteiger partial charge in [-0.15, -0.1) is 0 Å². The molecule has 11 nitrogen and oxygen atoms in total. The molecule has 7 N–H and O–H groups in total. The molecule has 0 fully saturated rings. The molecule has 0 aliphatic carbocycles. The normalized spacial score (nSPS) is 20.8. The molecule has 2 heterocycles. The predicted octanol–water partition coefficient (Wildman–Crippen LogP) is -1.95. The van der Waals surface area contributed by atoms with Crippen LogP contribution >= 0.6 is 11.8 Å². The van der Waals surface area contributed by atoms with Crippen LogP contribution in [0.3, 0.4) is 0 Å². The Hall–Kier alpha value is -2.57. The number of aliphatic hydroxyl groups is 2. The minimum absolute atomic E-state index is 0.0182. The maximum atomic E-state index is 11.8. The standard InChI is InChI=1S/C14H18N4O7S/c15-6(1-2-8(16)19)13(23)25-5-7-10(21)11(22)12(26-7)18-4-3-9(20)17-14(18)24/h3-4,6,11-12,21-22H,1-2,5,15H2,(H2,16,19)(H,17,20,24)/t6-,11?,12-/m1/s1. The molecular weight excluding hydrogens is 368 g/mol. The molecule has 1 aliphatic rings. The third-order valence-corrected chi connectivity index (χ3v) is 4.91. The summed E-state index contributed by atoms with van der Waals surface area (Å²) in [5, 5.41) is 19.2. The van der Waals surface area contributed by atoms with Crippen LogP contribution in [0.15, 0.2) is 32.5 Å². The van der Waals surface area contributed by atoms with Gasteiger partial charge >= 0.3 is 11.7 Å². The number of nitrogens with zero attached hydrogens (tertiary/aromatic N) is 1. The number of rotatable bonds is 7. The highest BCUT2D eigenvalue weighted by Gasteiger charge is 2.37. The summed E-state index contributed by atoms with van der Waals surface area (Å²) in [6.07, 6.45) is -0.302. The summed E-state index contributed by atoms with van der Waals surface area (Å²) < 4.78 is 6.00. The number of aromatic amines is 1. The maximum absolute atomic E-state index is 11.8. The van der Waals surface area contributed by atoms with E-state index in [1.165, 1.54) is 6.20 Å². The van der Waals surface area contributed by atoms with Crippen LogP contribution in [-0.4, -0.2) is 50.4 Å². The number of hydrogen-bond acceptors (Lipinski definition) is 9. The Morgan fingerprint density at radius 3 is 2.73 bits per heavy atom. The van der Waals surface area contributed by atoms with Crippen molar-refractivity contribution in [1.29, 1.82) is 0 Å². The second-order valence-corrected chi connectivity index (χ2v) is 6.71. The van der Waals surface area contributed by atoms with Gasteiger partial charge in [-0.25, -0.2) is 4.79 Å². The molecule has 1 aliphatic heterocycles. The first-order chi connectivity index (χ1) is 12.2.